The molecule has 1 aromatic carbocycles. The highest BCUT2D eigenvalue weighted by molar-refractivity contribution is 7.94. The molecule has 0 unspecified atom stereocenters. The molecule has 0 aliphatic heterocycles. The van der Waals surface area contributed by atoms with Crippen molar-refractivity contribution in [3.05, 3.63) is 41.8 Å². The molecule has 2 aromatic rings. The quantitative estimate of drug-likeness (QED) is 0.689. The van der Waals surface area contributed by atoms with Gasteiger partial charge in [-0.15, -0.1) is 11.3 Å². The van der Waals surface area contributed by atoms with Gasteiger partial charge in [0.2, 0.25) is 0 Å². The van der Waals surface area contributed by atoms with Gasteiger partial charge in [0.15, 0.2) is 6.61 Å². The number of ether oxygens (including phenoxy) is 1. The second-order valence-corrected chi connectivity index (χ2v) is 10.1. The van der Waals surface area contributed by atoms with Crippen molar-refractivity contribution in [2.75, 3.05) is 18.0 Å². The lowest BCUT2D eigenvalue weighted by atomic mass is 10.1. The van der Waals surface area contributed by atoms with Gasteiger partial charge in [-0.25, -0.2) is 8.42 Å². The van der Waals surface area contributed by atoms with Gasteiger partial charge in [0, 0.05) is 13.1 Å². The maximum Gasteiger partial charge on any atom is 0.273 e. The van der Waals surface area contributed by atoms with Crippen molar-refractivity contribution in [2.45, 2.75) is 48.8 Å². The van der Waals surface area contributed by atoms with Crippen LogP contribution in [0.25, 0.3) is 0 Å². The number of nitrogens with zero attached hydrogens (tertiary/aromatic N) is 1. The minimum atomic E-state index is -3.56. The van der Waals surface area contributed by atoms with E-state index in [9.17, 15) is 13.2 Å². The zero-order valence-electron chi connectivity index (χ0n) is 16.0. The molecule has 1 heterocycles. The van der Waals surface area contributed by atoms with Crippen LogP contribution in [0.3, 0.4) is 0 Å². The smallest absolute Gasteiger partial charge is 0.273 e. The molecule has 0 spiro atoms. The third-order valence-corrected chi connectivity index (χ3v) is 8.06. The summed E-state index contributed by atoms with van der Waals surface area (Å²) >= 11 is 1.18. The van der Waals surface area contributed by atoms with Crippen molar-refractivity contribution in [3.63, 3.8) is 0 Å². The van der Waals surface area contributed by atoms with Crippen molar-refractivity contribution in [2.24, 2.45) is 0 Å². The second-order valence-electron chi connectivity index (χ2n) is 6.94. The Bertz CT molecular complexity index is 856. The van der Waals surface area contributed by atoms with Crippen LogP contribution in [0.15, 0.2) is 46.0 Å². The number of sulfonamides is 1. The number of hydrogen-bond donors (Lipinski definition) is 1. The monoisotopic (exact) mass is 422 g/mol. The highest BCUT2D eigenvalue weighted by atomic mass is 32.2. The predicted octanol–water partition coefficient (Wildman–Crippen LogP) is 3.79. The van der Waals surface area contributed by atoms with Gasteiger partial charge in [-0.1, -0.05) is 31.7 Å². The van der Waals surface area contributed by atoms with Gasteiger partial charge in [-0.05, 0) is 48.6 Å². The average Bonchev–Trinajstić information content (AvgIpc) is 3.13. The van der Waals surface area contributed by atoms with E-state index in [0.717, 1.165) is 25.7 Å². The third kappa shape index (κ3) is 5.26. The minimum absolute atomic E-state index is 0.0425. The lowest BCUT2D eigenvalue weighted by molar-refractivity contribution is -0.123. The van der Waals surface area contributed by atoms with Gasteiger partial charge >= 0.3 is 0 Å². The first-order valence-electron chi connectivity index (χ1n) is 9.51. The summed E-state index contributed by atoms with van der Waals surface area (Å²) in [6, 6.07) is 10.2. The van der Waals surface area contributed by atoms with Crippen molar-refractivity contribution in [1.82, 2.24) is 5.32 Å². The SMILES string of the molecule is CN(c1ccc(OCC(=O)NC2CCCCCC2)cc1)S(=O)(=O)c1cccs1. The van der Waals surface area contributed by atoms with Crippen LogP contribution < -0.4 is 14.4 Å². The summed E-state index contributed by atoms with van der Waals surface area (Å²) in [5.41, 5.74) is 0.531. The van der Waals surface area contributed by atoms with Crippen LogP contribution in [-0.2, 0) is 14.8 Å². The lowest BCUT2D eigenvalue weighted by Gasteiger charge is -2.19. The van der Waals surface area contributed by atoms with E-state index in [1.807, 2.05) is 0 Å². The van der Waals surface area contributed by atoms with Gasteiger partial charge < -0.3 is 10.1 Å². The molecule has 152 valence electrons. The molecule has 6 nitrogen and oxygen atoms in total. The Morgan fingerprint density at radius 3 is 2.43 bits per heavy atom. The van der Waals surface area contributed by atoms with E-state index in [4.69, 9.17) is 4.74 Å². The van der Waals surface area contributed by atoms with E-state index in [-0.39, 0.29) is 18.6 Å². The molecular weight excluding hydrogens is 396 g/mol. The predicted molar refractivity (Wildman–Crippen MR) is 111 cm³/mol. The van der Waals surface area contributed by atoms with Gasteiger partial charge in [-0.3, -0.25) is 9.10 Å². The molecule has 1 amide bonds. The Morgan fingerprint density at radius 2 is 1.82 bits per heavy atom. The maximum absolute atomic E-state index is 12.6. The van der Waals surface area contributed by atoms with Crippen LogP contribution in [0.2, 0.25) is 0 Å². The number of benzene rings is 1. The van der Waals surface area contributed by atoms with Crippen LogP contribution in [0.1, 0.15) is 38.5 Å². The Hall–Kier alpha value is -2.06. The van der Waals surface area contributed by atoms with Gasteiger partial charge in [0.05, 0.1) is 5.69 Å². The number of carbonyl (C=O) groups excluding carboxylic acids is 1. The van der Waals surface area contributed by atoms with E-state index in [1.165, 1.54) is 35.5 Å². The van der Waals surface area contributed by atoms with Gasteiger partial charge in [-0.2, -0.15) is 0 Å². The van der Waals surface area contributed by atoms with Crippen LogP contribution in [0, 0.1) is 0 Å². The number of nitrogens with one attached hydrogen (secondary N) is 1. The Morgan fingerprint density at radius 1 is 1.14 bits per heavy atom. The number of thiophene rings is 1. The molecule has 0 saturated heterocycles. The fraction of sp³-hybridized carbons (Fsp3) is 0.450. The van der Waals surface area contributed by atoms with Gasteiger partial charge in [0.25, 0.3) is 15.9 Å². The average molecular weight is 423 g/mol. The first-order valence-corrected chi connectivity index (χ1v) is 11.8. The van der Waals surface area contributed by atoms with Crippen LogP contribution in [-0.4, -0.2) is 34.0 Å². The lowest BCUT2D eigenvalue weighted by Crippen LogP contribution is -2.37. The fourth-order valence-electron chi connectivity index (χ4n) is 3.28. The summed E-state index contributed by atoms with van der Waals surface area (Å²) in [5, 5.41) is 4.78. The first-order chi connectivity index (χ1) is 13.5. The minimum Gasteiger partial charge on any atom is -0.484 e. The molecule has 0 bridgehead atoms. The molecule has 8 heteroatoms. The molecule has 1 fully saturated rings. The van der Waals surface area contributed by atoms with E-state index >= 15 is 0 Å². The number of hydrogen-bond acceptors (Lipinski definition) is 5. The van der Waals surface area contributed by atoms with Crippen molar-refractivity contribution < 1.29 is 17.9 Å². The molecule has 0 atom stereocenters. The van der Waals surface area contributed by atoms with Crippen molar-refractivity contribution >= 4 is 33.0 Å². The molecular formula is C20H26N2O4S2. The molecule has 0 radical (unpaired) electrons. The van der Waals surface area contributed by atoms with Crippen molar-refractivity contribution in [1.29, 1.82) is 0 Å². The molecule has 1 aromatic heterocycles. The standard InChI is InChI=1S/C20H26N2O4S2/c1-22(28(24,25)20-9-6-14-27-20)17-10-12-18(13-11-17)26-15-19(23)21-16-7-4-2-3-5-8-16/h6,9-14,16H,2-5,7-8,15H2,1H3,(H,21,23). The van der Waals surface area contributed by atoms with Gasteiger partial charge in [0.1, 0.15) is 9.96 Å². The number of carbonyl (C=O) groups is 1. The molecule has 1 aliphatic rings. The first kappa shape index (κ1) is 20.7. The summed E-state index contributed by atoms with van der Waals surface area (Å²) in [6.45, 7) is -0.0425. The fourth-order valence-corrected chi connectivity index (χ4v) is 5.63. The summed E-state index contributed by atoms with van der Waals surface area (Å²) in [6.07, 6.45) is 6.87. The van der Waals surface area contributed by atoms with E-state index < -0.39 is 10.0 Å². The Balaban J connectivity index is 1.53. The molecule has 1 aliphatic carbocycles. The summed E-state index contributed by atoms with van der Waals surface area (Å²) < 4.78 is 32.2. The van der Waals surface area contributed by atoms with E-state index in [1.54, 1.807) is 41.8 Å². The van der Waals surface area contributed by atoms with Crippen LogP contribution >= 0.6 is 11.3 Å². The Kier molecular flexibility index (Phi) is 6.96. The third-order valence-electron chi connectivity index (χ3n) is 4.90. The zero-order chi connectivity index (χ0) is 20.0. The van der Waals surface area contributed by atoms with Crippen LogP contribution in [0.4, 0.5) is 5.69 Å². The summed E-state index contributed by atoms with van der Waals surface area (Å²) in [4.78, 5) is 12.1. The second kappa shape index (κ2) is 9.43. The number of amides is 1. The van der Waals surface area contributed by atoms with Crippen molar-refractivity contribution in [3.8, 4) is 5.75 Å². The topological polar surface area (TPSA) is 75.7 Å². The largest absolute Gasteiger partial charge is 0.484 e. The zero-order valence-corrected chi connectivity index (χ0v) is 17.6. The highest BCUT2D eigenvalue weighted by Gasteiger charge is 2.22. The Labute approximate surface area is 170 Å². The maximum atomic E-state index is 12.6. The molecule has 28 heavy (non-hydrogen) atoms. The summed E-state index contributed by atoms with van der Waals surface area (Å²) in [5.74, 6) is 0.412. The molecule has 3 rings (SSSR count). The molecule has 1 N–H and O–H groups in total. The normalized spacial score (nSPS) is 15.6. The number of anilines is 1. The van der Waals surface area contributed by atoms with E-state index in [0.29, 0.717) is 15.6 Å². The number of rotatable bonds is 7. The highest BCUT2D eigenvalue weighted by Crippen LogP contribution is 2.26. The molecule has 1 saturated carbocycles. The summed E-state index contributed by atoms with van der Waals surface area (Å²) in [7, 11) is -2.04. The van der Waals surface area contributed by atoms with Crippen LogP contribution in [0.5, 0.6) is 5.75 Å². The van der Waals surface area contributed by atoms with E-state index in [2.05, 4.69) is 5.32 Å².